The van der Waals surface area contributed by atoms with Gasteiger partial charge in [0.2, 0.25) is 0 Å². The number of hydrogen-bond acceptors (Lipinski definition) is 5. The minimum Gasteiger partial charge on any atom is -0.462 e. The molecule has 0 bridgehead atoms. The van der Waals surface area contributed by atoms with Crippen molar-refractivity contribution < 1.29 is 24.2 Å². The predicted octanol–water partition coefficient (Wildman–Crippen LogP) is 9.67. The van der Waals surface area contributed by atoms with Gasteiger partial charge >= 0.3 is 11.9 Å². The van der Waals surface area contributed by atoms with E-state index in [0.717, 1.165) is 57.8 Å². The second-order valence-electron chi connectivity index (χ2n) is 10.6. The fourth-order valence-electron chi connectivity index (χ4n) is 4.14. The Balaban J connectivity index is 3.71. The summed E-state index contributed by atoms with van der Waals surface area (Å²) in [6.07, 6.45) is 39.9. The molecule has 234 valence electrons. The van der Waals surface area contributed by atoms with Crippen LogP contribution in [0, 0.1) is 0 Å². The van der Waals surface area contributed by atoms with Crippen LogP contribution in [0.5, 0.6) is 0 Å². The van der Waals surface area contributed by atoms with Crippen molar-refractivity contribution in [3.8, 4) is 0 Å². The minimum absolute atomic E-state index is 0.0949. The molecule has 0 aliphatic carbocycles. The van der Waals surface area contributed by atoms with Gasteiger partial charge in [-0.15, -0.1) is 0 Å². The van der Waals surface area contributed by atoms with Gasteiger partial charge in [-0.3, -0.25) is 9.59 Å². The van der Waals surface area contributed by atoms with Crippen LogP contribution >= 0.6 is 0 Å². The molecule has 0 aromatic carbocycles. The zero-order chi connectivity index (χ0) is 30.1. The summed E-state index contributed by atoms with van der Waals surface area (Å²) in [5.41, 5.74) is 0. The highest BCUT2D eigenvalue weighted by Crippen LogP contribution is 2.10. The molecule has 1 atom stereocenters. The van der Waals surface area contributed by atoms with Gasteiger partial charge in [0.15, 0.2) is 6.10 Å². The summed E-state index contributed by atoms with van der Waals surface area (Å²) in [4.78, 5) is 24.1. The molecule has 0 rings (SSSR count). The molecule has 41 heavy (non-hydrogen) atoms. The molecule has 0 aliphatic rings. The van der Waals surface area contributed by atoms with Gasteiger partial charge in [-0.2, -0.15) is 0 Å². The van der Waals surface area contributed by atoms with Crippen LogP contribution in [0.1, 0.15) is 136 Å². The first-order valence-electron chi connectivity index (χ1n) is 16.4. The van der Waals surface area contributed by atoms with Gasteiger partial charge in [-0.25, -0.2) is 0 Å². The highest BCUT2D eigenvalue weighted by molar-refractivity contribution is 5.70. The van der Waals surface area contributed by atoms with Crippen LogP contribution in [-0.2, 0) is 19.1 Å². The van der Waals surface area contributed by atoms with Crippen LogP contribution in [0.2, 0.25) is 0 Å². The maximum Gasteiger partial charge on any atom is 0.306 e. The molecule has 0 saturated carbocycles. The third-order valence-electron chi connectivity index (χ3n) is 6.64. The highest BCUT2D eigenvalue weighted by atomic mass is 16.6. The number of unbranched alkanes of at least 4 members (excludes halogenated alkanes) is 13. The molecule has 0 radical (unpaired) electrons. The van der Waals surface area contributed by atoms with Crippen molar-refractivity contribution in [2.75, 3.05) is 13.2 Å². The van der Waals surface area contributed by atoms with Gasteiger partial charge in [0.05, 0.1) is 6.61 Å². The molecule has 0 amide bonds. The molecule has 1 unspecified atom stereocenters. The summed E-state index contributed by atoms with van der Waals surface area (Å²) in [6.45, 7) is 3.91. The van der Waals surface area contributed by atoms with E-state index in [1.54, 1.807) is 0 Å². The number of carbonyl (C=O) groups excluding carboxylic acids is 2. The predicted molar refractivity (Wildman–Crippen MR) is 173 cm³/mol. The summed E-state index contributed by atoms with van der Waals surface area (Å²) in [5, 5.41) is 9.49. The quantitative estimate of drug-likeness (QED) is 0.0437. The van der Waals surface area contributed by atoms with E-state index in [4.69, 9.17) is 9.47 Å². The Labute approximate surface area is 251 Å². The fourth-order valence-corrected chi connectivity index (χ4v) is 4.14. The average Bonchev–Trinajstić information content (AvgIpc) is 2.97. The SMILES string of the molecule is CC/C=C/C=C/C=C/C=C/CCCCCC(=O)OCC(CO)OC(=O)CCCCC/C=C/CCCCCCCCC. The summed E-state index contributed by atoms with van der Waals surface area (Å²) in [6, 6.07) is 0. The molecule has 1 N–H and O–H groups in total. The minimum atomic E-state index is -0.795. The first-order valence-corrected chi connectivity index (χ1v) is 16.4. The van der Waals surface area contributed by atoms with Crippen LogP contribution < -0.4 is 0 Å². The number of rotatable bonds is 28. The maximum atomic E-state index is 12.1. The van der Waals surface area contributed by atoms with E-state index in [0.29, 0.717) is 12.8 Å². The summed E-state index contributed by atoms with van der Waals surface area (Å²) < 4.78 is 10.5. The van der Waals surface area contributed by atoms with Gasteiger partial charge in [-0.1, -0.05) is 126 Å². The van der Waals surface area contributed by atoms with E-state index in [1.807, 2.05) is 36.5 Å². The first-order chi connectivity index (χ1) is 20.1. The number of ether oxygens (including phenoxy) is 2. The third kappa shape index (κ3) is 30.4. The molecule has 0 aliphatic heterocycles. The molecule has 0 heterocycles. The molecule has 5 nitrogen and oxygen atoms in total. The van der Waals surface area contributed by atoms with Crippen molar-refractivity contribution >= 4 is 11.9 Å². The molecular weight excluding hydrogens is 512 g/mol. The van der Waals surface area contributed by atoms with Gasteiger partial charge < -0.3 is 14.6 Å². The first kappa shape index (κ1) is 38.6. The lowest BCUT2D eigenvalue weighted by Crippen LogP contribution is -2.28. The standard InChI is InChI=1S/C36H60O5/c1-3-5-7-9-11-13-15-17-19-21-23-25-27-29-31-36(39)41-34(32-37)33-40-35(38)30-28-26-24-22-20-18-16-14-12-10-8-6-4-2/h6,8,10,12,14,16,18-21,34,37H,3-5,7,9,11,13,15,17,22-33H2,1-2H3/b8-6+,12-10+,16-14+,20-18+,21-19+. The molecule has 0 saturated heterocycles. The van der Waals surface area contributed by atoms with Gasteiger partial charge in [-0.05, 0) is 57.8 Å². The van der Waals surface area contributed by atoms with E-state index in [9.17, 15) is 14.7 Å². The topological polar surface area (TPSA) is 72.8 Å². The summed E-state index contributed by atoms with van der Waals surface area (Å²) in [7, 11) is 0. The zero-order valence-electron chi connectivity index (χ0n) is 26.3. The second kappa shape index (κ2) is 32.1. The number of aliphatic hydroxyl groups excluding tert-OH is 1. The number of aliphatic hydroxyl groups is 1. The largest absolute Gasteiger partial charge is 0.462 e. The second-order valence-corrected chi connectivity index (χ2v) is 10.6. The van der Waals surface area contributed by atoms with Crippen molar-refractivity contribution in [3.63, 3.8) is 0 Å². The van der Waals surface area contributed by atoms with Crippen LogP contribution in [0.25, 0.3) is 0 Å². The van der Waals surface area contributed by atoms with Crippen LogP contribution in [0.15, 0.2) is 60.8 Å². The molecule has 0 aromatic heterocycles. The highest BCUT2D eigenvalue weighted by Gasteiger charge is 2.16. The van der Waals surface area contributed by atoms with Crippen LogP contribution in [-0.4, -0.2) is 36.4 Å². The maximum absolute atomic E-state index is 12.1. The van der Waals surface area contributed by atoms with Gasteiger partial charge in [0, 0.05) is 12.8 Å². The van der Waals surface area contributed by atoms with Gasteiger partial charge in [0.25, 0.3) is 0 Å². The Morgan fingerprint density at radius 1 is 0.585 bits per heavy atom. The zero-order valence-corrected chi connectivity index (χ0v) is 26.3. The number of hydrogen-bond donors (Lipinski definition) is 1. The van der Waals surface area contributed by atoms with Crippen molar-refractivity contribution in [1.29, 1.82) is 0 Å². The van der Waals surface area contributed by atoms with E-state index in [-0.39, 0.29) is 25.2 Å². The van der Waals surface area contributed by atoms with Crippen molar-refractivity contribution in [1.82, 2.24) is 0 Å². The van der Waals surface area contributed by atoms with Crippen LogP contribution in [0.4, 0.5) is 0 Å². The van der Waals surface area contributed by atoms with E-state index < -0.39 is 6.10 Å². The van der Waals surface area contributed by atoms with Crippen molar-refractivity contribution in [2.45, 2.75) is 142 Å². The van der Waals surface area contributed by atoms with Crippen molar-refractivity contribution in [3.05, 3.63) is 60.8 Å². The number of carbonyl (C=O) groups is 2. The Kier molecular flexibility index (Phi) is 30.2. The monoisotopic (exact) mass is 572 g/mol. The smallest absolute Gasteiger partial charge is 0.306 e. The van der Waals surface area contributed by atoms with Gasteiger partial charge in [0.1, 0.15) is 6.61 Å². The Bertz CT molecular complexity index is 747. The average molecular weight is 573 g/mol. The Morgan fingerprint density at radius 2 is 1.07 bits per heavy atom. The Hall–Kier alpha value is -2.40. The lowest BCUT2D eigenvalue weighted by molar-refractivity contribution is -0.161. The number of esters is 2. The van der Waals surface area contributed by atoms with E-state index in [2.05, 4.69) is 38.2 Å². The van der Waals surface area contributed by atoms with E-state index >= 15 is 0 Å². The molecular formula is C36H60O5. The third-order valence-corrected chi connectivity index (χ3v) is 6.64. The summed E-state index contributed by atoms with van der Waals surface area (Å²) >= 11 is 0. The fraction of sp³-hybridized carbons (Fsp3) is 0.667. The molecule has 5 heteroatoms. The summed E-state index contributed by atoms with van der Waals surface area (Å²) in [5.74, 6) is -0.663. The number of allylic oxidation sites excluding steroid dienone is 10. The Morgan fingerprint density at radius 3 is 1.66 bits per heavy atom. The molecule has 0 spiro atoms. The van der Waals surface area contributed by atoms with E-state index in [1.165, 1.54) is 51.4 Å². The lowest BCUT2D eigenvalue weighted by atomic mass is 10.1. The normalized spacial score (nSPS) is 13.0. The van der Waals surface area contributed by atoms with Crippen molar-refractivity contribution in [2.24, 2.45) is 0 Å². The van der Waals surface area contributed by atoms with Crippen LogP contribution in [0.3, 0.4) is 0 Å². The molecule has 0 fully saturated rings. The molecule has 0 aromatic rings. The lowest BCUT2D eigenvalue weighted by Gasteiger charge is -2.15.